The molecule has 0 unspecified atom stereocenters. The van der Waals surface area contributed by atoms with E-state index in [2.05, 4.69) is 10.6 Å². The predicted octanol–water partition coefficient (Wildman–Crippen LogP) is 5.38. The van der Waals surface area contributed by atoms with Crippen LogP contribution in [0.2, 0.25) is 0 Å². The third-order valence-corrected chi connectivity index (χ3v) is 5.67. The van der Waals surface area contributed by atoms with Crippen LogP contribution in [-0.4, -0.2) is 35.7 Å². The maximum atomic E-state index is 12.7. The molecule has 182 valence electrons. The van der Waals surface area contributed by atoms with Crippen LogP contribution in [0.25, 0.3) is 0 Å². The number of carbonyl (C=O) groups is 2. The van der Waals surface area contributed by atoms with Gasteiger partial charge in [0.05, 0.1) is 35.3 Å². The number of ether oxygens (including phenoxy) is 2. The summed E-state index contributed by atoms with van der Waals surface area (Å²) in [6.45, 7) is 4.33. The number of rotatable bonds is 11. The summed E-state index contributed by atoms with van der Waals surface area (Å²) in [6, 6.07) is 18.0. The van der Waals surface area contributed by atoms with Gasteiger partial charge in [-0.15, -0.1) is 11.8 Å². The molecule has 3 rings (SSSR count). The normalized spacial score (nSPS) is 10.3. The van der Waals surface area contributed by atoms with E-state index in [1.807, 2.05) is 19.9 Å². The molecule has 0 atom stereocenters. The number of hydrogen-bond donors (Lipinski definition) is 2. The summed E-state index contributed by atoms with van der Waals surface area (Å²) in [4.78, 5) is 36.3. The van der Waals surface area contributed by atoms with Crippen LogP contribution in [0.1, 0.15) is 24.2 Å². The summed E-state index contributed by atoms with van der Waals surface area (Å²) in [6.07, 6.45) is 0. The highest BCUT2D eigenvalue weighted by atomic mass is 32.2. The number of amides is 2. The lowest BCUT2D eigenvalue weighted by Gasteiger charge is -2.18. The number of thioether (sulfide) groups is 1. The third-order valence-electron chi connectivity index (χ3n) is 4.66. The third kappa shape index (κ3) is 7.21. The molecule has 0 aliphatic carbocycles. The number of benzene rings is 3. The van der Waals surface area contributed by atoms with Gasteiger partial charge in [-0.25, -0.2) is 0 Å². The Labute approximate surface area is 207 Å². The molecule has 0 radical (unpaired) electrons. The molecular formula is C25H25N3O6S. The Morgan fingerprint density at radius 2 is 1.46 bits per heavy atom. The number of nitrogens with zero attached hydrogens (tertiary/aromatic N) is 1. The Kier molecular flexibility index (Phi) is 9.08. The largest absolute Gasteiger partial charge is 0.492 e. The first-order valence-electron chi connectivity index (χ1n) is 10.9. The number of carbonyl (C=O) groups excluding carboxylic acids is 2. The summed E-state index contributed by atoms with van der Waals surface area (Å²) in [5, 5.41) is 16.4. The standard InChI is InChI=1S/C25H25N3O6S/c1-3-33-22-15-21(27-25(30)17-8-6-5-7-9-17)23(34-4-2)14-20(22)26-24(29)16-35-19-12-10-18(11-13-19)28(31)32/h5-15H,3-4,16H2,1-2H3,(H,26,29)(H,27,30). The maximum Gasteiger partial charge on any atom is 0.269 e. The summed E-state index contributed by atoms with van der Waals surface area (Å²) in [5.74, 6) is 0.259. The van der Waals surface area contributed by atoms with Crippen LogP contribution >= 0.6 is 11.8 Å². The van der Waals surface area contributed by atoms with Gasteiger partial charge in [0.25, 0.3) is 11.6 Å². The molecule has 0 bridgehead atoms. The zero-order chi connectivity index (χ0) is 25.2. The van der Waals surface area contributed by atoms with Crippen molar-refractivity contribution in [3.63, 3.8) is 0 Å². The Hall–Kier alpha value is -4.05. The van der Waals surface area contributed by atoms with E-state index in [1.54, 1.807) is 48.5 Å². The first-order chi connectivity index (χ1) is 16.9. The molecule has 0 saturated carbocycles. The van der Waals surface area contributed by atoms with E-state index in [0.29, 0.717) is 41.7 Å². The molecule has 9 nitrogen and oxygen atoms in total. The fourth-order valence-electron chi connectivity index (χ4n) is 3.09. The van der Waals surface area contributed by atoms with Crippen LogP contribution in [0.3, 0.4) is 0 Å². The Balaban J connectivity index is 1.76. The van der Waals surface area contributed by atoms with Gasteiger partial charge in [0.1, 0.15) is 11.5 Å². The minimum absolute atomic E-state index is 0.0111. The molecule has 0 spiro atoms. The average Bonchev–Trinajstić information content (AvgIpc) is 2.86. The van der Waals surface area contributed by atoms with E-state index in [-0.39, 0.29) is 23.3 Å². The first kappa shape index (κ1) is 25.6. The second-order valence-electron chi connectivity index (χ2n) is 7.12. The Morgan fingerprint density at radius 1 is 0.886 bits per heavy atom. The van der Waals surface area contributed by atoms with E-state index in [4.69, 9.17) is 9.47 Å². The Morgan fingerprint density at radius 3 is 2.00 bits per heavy atom. The smallest absolute Gasteiger partial charge is 0.269 e. The number of non-ortho nitro benzene ring substituents is 1. The molecule has 0 saturated heterocycles. The predicted molar refractivity (Wildman–Crippen MR) is 136 cm³/mol. The molecule has 0 aliphatic rings. The number of nitro benzene ring substituents is 1. The van der Waals surface area contributed by atoms with Crippen LogP contribution in [0.5, 0.6) is 11.5 Å². The molecule has 0 heterocycles. The van der Waals surface area contributed by atoms with E-state index < -0.39 is 4.92 Å². The number of hydrogen-bond acceptors (Lipinski definition) is 7. The lowest BCUT2D eigenvalue weighted by atomic mass is 10.2. The zero-order valence-corrected chi connectivity index (χ0v) is 20.1. The van der Waals surface area contributed by atoms with E-state index in [9.17, 15) is 19.7 Å². The lowest BCUT2D eigenvalue weighted by Crippen LogP contribution is -2.16. The summed E-state index contributed by atoms with van der Waals surface area (Å²) in [7, 11) is 0. The van der Waals surface area contributed by atoms with Gasteiger partial charge in [0, 0.05) is 34.7 Å². The monoisotopic (exact) mass is 495 g/mol. The molecule has 35 heavy (non-hydrogen) atoms. The van der Waals surface area contributed by atoms with E-state index in [1.165, 1.54) is 23.9 Å². The van der Waals surface area contributed by atoms with Crippen molar-refractivity contribution < 1.29 is 24.0 Å². The zero-order valence-electron chi connectivity index (χ0n) is 19.3. The Bertz CT molecular complexity index is 1190. The second-order valence-corrected chi connectivity index (χ2v) is 8.17. The fourth-order valence-corrected chi connectivity index (χ4v) is 3.79. The fraction of sp³-hybridized carbons (Fsp3) is 0.200. The van der Waals surface area contributed by atoms with Crippen molar-refractivity contribution in [2.75, 3.05) is 29.6 Å². The van der Waals surface area contributed by atoms with Crippen LogP contribution < -0.4 is 20.1 Å². The van der Waals surface area contributed by atoms with Crippen molar-refractivity contribution in [3.8, 4) is 11.5 Å². The van der Waals surface area contributed by atoms with Gasteiger partial charge in [-0.1, -0.05) is 18.2 Å². The maximum absolute atomic E-state index is 12.7. The van der Waals surface area contributed by atoms with Crippen LogP contribution in [0.4, 0.5) is 17.1 Å². The molecule has 2 amide bonds. The minimum atomic E-state index is -0.474. The highest BCUT2D eigenvalue weighted by molar-refractivity contribution is 8.00. The van der Waals surface area contributed by atoms with Gasteiger partial charge < -0.3 is 20.1 Å². The number of nitrogens with one attached hydrogen (secondary N) is 2. The highest BCUT2D eigenvalue weighted by Gasteiger charge is 2.17. The van der Waals surface area contributed by atoms with Crippen molar-refractivity contribution in [3.05, 3.63) is 82.4 Å². The molecule has 3 aromatic carbocycles. The number of anilines is 2. The van der Waals surface area contributed by atoms with Crippen molar-refractivity contribution in [2.24, 2.45) is 0 Å². The average molecular weight is 496 g/mol. The van der Waals surface area contributed by atoms with Crippen molar-refractivity contribution in [2.45, 2.75) is 18.7 Å². The molecule has 0 aromatic heterocycles. The first-order valence-corrected chi connectivity index (χ1v) is 11.9. The van der Waals surface area contributed by atoms with Crippen molar-refractivity contribution in [1.29, 1.82) is 0 Å². The lowest BCUT2D eigenvalue weighted by molar-refractivity contribution is -0.384. The van der Waals surface area contributed by atoms with Gasteiger partial charge in [-0.3, -0.25) is 19.7 Å². The molecular weight excluding hydrogens is 470 g/mol. The highest BCUT2D eigenvalue weighted by Crippen LogP contribution is 2.37. The topological polar surface area (TPSA) is 120 Å². The molecule has 0 aliphatic heterocycles. The van der Waals surface area contributed by atoms with Gasteiger partial charge in [-0.2, -0.15) is 0 Å². The summed E-state index contributed by atoms with van der Waals surface area (Å²) >= 11 is 1.25. The summed E-state index contributed by atoms with van der Waals surface area (Å²) in [5.41, 5.74) is 1.31. The molecule has 10 heteroatoms. The molecule has 0 fully saturated rings. The second kappa shape index (κ2) is 12.4. The van der Waals surface area contributed by atoms with Crippen LogP contribution in [-0.2, 0) is 4.79 Å². The van der Waals surface area contributed by atoms with Gasteiger partial charge in [0.15, 0.2) is 0 Å². The van der Waals surface area contributed by atoms with Crippen LogP contribution in [0.15, 0.2) is 71.6 Å². The molecule has 3 aromatic rings. The van der Waals surface area contributed by atoms with E-state index in [0.717, 1.165) is 4.90 Å². The van der Waals surface area contributed by atoms with Crippen LogP contribution in [0, 0.1) is 10.1 Å². The van der Waals surface area contributed by atoms with Gasteiger partial charge >= 0.3 is 0 Å². The summed E-state index contributed by atoms with van der Waals surface area (Å²) < 4.78 is 11.4. The van der Waals surface area contributed by atoms with E-state index >= 15 is 0 Å². The SMILES string of the molecule is CCOc1cc(NC(=O)c2ccccc2)c(OCC)cc1NC(=O)CSc1ccc([N+](=O)[O-])cc1. The quantitative estimate of drug-likeness (QED) is 0.208. The van der Waals surface area contributed by atoms with Crippen molar-refractivity contribution >= 4 is 40.6 Å². The minimum Gasteiger partial charge on any atom is -0.492 e. The molecule has 2 N–H and O–H groups in total. The number of nitro groups is 1. The van der Waals surface area contributed by atoms with Gasteiger partial charge in [0.2, 0.25) is 5.91 Å². The van der Waals surface area contributed by atoms with Gasteiger partial charge in [-0.05, 0) is 38.1 Å². The van der Waals surface area contributed by atoms with Crippen molar-refractivity contribution in [1.82, 2.24) is 0 Å².